The highest BCUT2D eigenvalue weighted by atomic mass is 16.6. The summed E-state index contributed by atoms with van der Waals surface area (Å²) in [5.74, 6) is -1.18. The highest BCUT2D eigenvalue weighted by Crippen LogP contribution is 2.42. The average molecular weight is 435 g/mol. The number of hydrogen-bond donors (Lipinski definition) is 1. The van der Waals surface area contributed by atoms with Crippen LogP contribution < -0.4 is 5.32 Å². The van der Waals surface area contributed by atoms with E-state index in [0.29, 0.717) is 5.56 Å². The maximum absolute atomic E-state index is 13.1. The molecule has 0 radical (unpaired) electrons. The average Bonchev–Trinajstić information content (AvgIpc) is 3.05. The quantitative estimate of drug-likeness (QED) is 0.373. The van der Waals surface area contributed by atoms with Crippen molar-refractivity contribution in [1.82, 2.24) is 5.32 Å². The summed E-state index contributed by atoms with van der Waals surface area (Å²) < 4.78 is 0. The number of ketones is 1. The smallest absolute Gasteiger partial charge is 0.271 e. The number of carbonyl (C=O) groups is 2. The van der Waals surface area contributed by atoms with Gasteiger partial charge in [0.25, 0.3) is 17.3 Å². The van der Waals surface area contributed by atoms with E-state index in [-0.39, 0.29) is 33.4 Å². The normalized spacial score (nSPS) is 12.2. The molecule has 1 aliphatic carbocycles. The van der Waals surface area contributed by atoms with Gasteiger partial charge in [-0.2, -0.15) is 0 Å². The maximum atomic E-state index is 13.1. The van der Waals surface area contributed by atoms with Gasteiger partial charge in [-0.15, -0.1) is 0 Å². The Bertz CT molecular complexity index is 1270. The number of non-ortho nitro benzene ring substituents is 2. The van der Waals surface area contributed by atoms with E-state index in [1.165, 1.54) is 12.1 Å². The molecule has 0 spiro atoms. The summed E-state index contributed by atoms with van der Waals surface area (Å²) in [6, 6.07) is 14.7. The molecule has 1 unspecified atom stereocenters. The van der Waals surface area contributed by atoms with Gasteiger partial charge in [-0.1, -0.05) is 30.3 Å². The van der Waals surface area contributed by atoms with Gasteiger partial charge in [0, 0.05) is 41.0 Å². The van der Waals surface area contributed by atoms with E-state index in [4.69, 9.17) is 0 Å². The van der Waals surface area contributed by atoms with Gasteiger partial charge in [0.15, 0.2) is 5.78 Å². The van der Waals surface area contributed by atoms with E-state index < -0.39 is 33.3 Å². The first-order valence-electron chi connectivity index (χ1n) is 9.29. The Labute approximate surface area is 181 Å². The number of hydrogen-bond acceptors (Lipinski definition) is 6. The number of rotatable bonds is 5. The molecule has 1 amide bonds. The monoisotopic (exact) mass is 435 g/mol. The van der Waals surface area contributed by atoms with E-state index in [2.05, 4.69) is 5.32 Å². The lowest BCUT2D eigenvalue weighted by atomic mass is 9.97. The molecule has 10 heteroatoms. The topological polar surface area (TPSA) is 164 Å². The zero-order valence-corrected chi connectivity index (χ0v) is 16.7. The molecule has 0 aliphatic heterocycles. The molecule has 3 N–H and O–H groups in total. The number of nitro groups is 2. The van der Waals surface area contributed by atoms with Crippen molar-refractivity contribution in [3.8, 4) is 11.1 Å². The van der Waals surface area contributed by atoms with Crippen molar-refractivity contribution in [2.24, 2.45) is 0 Å². The largest absolute Gasteiger partial charge is 0.412 e. The van der Waals surface area contributed by atoms with Gasteiger partial charge in [0.1, 0.15) is 0 Å². The van der Waals surface area contributed by atoms with Crippen LogP contribution in [0.5, 0.6) is 0 Å². The Kier molecular flexibility index (Phi) is 5.81. The fraction of sp³-hybridized carbons (Fsp3) is 0.0909. The Morgan fingerprint density at radius 3 is 2.12 bits per heavy atom. The van der Waals surface area contributed by atoms with Gasteiger partial charge in [0.05, 0.1) is 21.5 Å². The summed E-state index contributed by atoms with van der Waals surface area (Å²) >= 11 is 0. The van der Waals surface area contributed by atoms with Gasteiger partial charge in [-0.05, 0) is 24.1 Å². The van der Waals surface area contributed by atoms with Gasteiger partial charge in [-0.25, -0.2) is 0 Å². The lowest BCUT2D eigenvalue weighted by Gasteiger charge is -2.16. The molecule has 10 nitrogen and oxygen atoms in total. The van der Waals surface area contributed by atoms with Gasteiger partial charge < -0.3 is 10.8 Å². The molecule has 0 bridgehead atoms. The highest BCUT2D eigenvalue weighted by Gasteiger charge is 2.35. The van der Waals surface area contributed by atoms with Crippen molar-refractivity contribution in [3.63, 3.8) is 0 Å². The lowest BCUT2D eigenvalue weighted by molar-refractivity contribution is -0.385. The Hall–Kier alpha value is -4.44. The molecule has 0 fully saturated rings. The van der Waals surface area contributed by atoms with Crippen LogP contribution in [0.25, 0.3) is 11.1 Å². The zero-order valence-electron chi connectivity index (χ0n) is 16.7. The van der Waals surface area contributed by atoms with Crippen LogP contribution in [0.1, 0.15) is 44.8 Å². The fourth-order valence-electron chi connectivity index (χ4n) is 3.68. The number of nitro benzene ring substituents is 2. The summed E-state index contributed by atoms with van der Waals surface area (Å²) in [5.41, 5.74) is 0.691. The SMILES string of the molecule is CC(NC(=O)c1cc([N+](=O)[O-])cc2c1-c1ccc([N+](=O)[O-])cc1C2=O)c1ccccc1.O. The minimum atomic E-state index is -0.684. The molecule has 32 heavy (non-hydrogen) atoms. The van der Waals surface area contributed by atoms with Gasteiger partial charge in [-0.3, -0.25) is 29.8 Å². The van der Waals surface area contributed by atoms with E-state index in [1.807, 2.05) is 30.3 Å². The summed E-state index contributed by atoms with van der Waals surface area (Å²) in [4.78, 5) is 47.2. The summed E-state index contributed by atoms with van der Waals surface area (Å²) in [7, 11) is 0. The van der Waals surface area contributed by atoms with Crippen LogP contribution in [0, 0.1) is 20.2 Å². The van der Waals surface area contributed by atoms with Crippen LogP contribution in [0.15, 0.2) is 60.7 Å². The van der Waals surface area contributed by atoms with Gasteiger partial charge >= 0.3 is 0 Å². The molecule has 0 aromatic heterocycles. The minimum Gasteiger partial charge on any atom is -0.412 e. The first-order chi connectivity index (χ1) is 14.8. The first-order valence-corrected chi connectivity index (χ1v) is 9.29. The van der Waals surface area contributed by atoms with Crippen LogP contribution >= 0.6 is 0 Å². The van der Waals surface area contributed by atoms with Crippen LogP contribution in [0.3, 0.4) is 0 Å². The Morgan fingerprint density at radius 1 is 0.875 bits per heavy atom. The highest BCUT2D eigenvalue weighted by molar-refractivity contribution is 6.25. The molecule has 0 saturated carbocycles. The van der Waals surface area contributed by atoms with E-state index in [1.54, 1.807) is 6.92 Å². The van der Waals surface area contributed by atoms with Crippen molar-refractivity contribution in [2.75, 3.05) is 0 Å². The van der Waals surface area contributed by atoms with E-state index in [0.717, 1.165) is 23.8 Å². The molecule has 3 aromatic carbocycles. The standard InChI is InChI=1S/C22H15N3O6.H2O/c1-12(13-5-3-2-4-6-13)23-22(27)19-11-15(25(30)31)10-18-20(19)16-8-7-14(24(28)29)9-17(16)21(18)26;/h2-12H,1H3,(H,23,27);1H2. The third kappa shape index (κ3) is 3.70. The fourth-order valence-corrected chi connectivity index (χ4v) is 3.68. The predicted octanol–water partition coefficient (Wildman–Crippen LogP) is 3.38. The van der Waals surface area contributed by atoms with Crippen LogP contribution in [-0.2, 0) is 0 Å². The third-order valence-electron chi connectivity index (χ3n) is 5.20. The van der Waals surface area contributed by atoms with E-state index in [9.17, 15) is 29.8 Å². The van der Waals surface area contributed by atoms with Crippen LogP contribution in [0.4, 0.5) is 11.4 Å². The number of nitrogens with one attached hydrogen (secondary N) is 1. The predicted molar refractivity (Wildman–Crippen MR) is 115 cm³/mol. The first kappa shape index (κ1) is 22.2. The van der Waals surface area contributed by atoms with E-state index >= 15 is 0 Å². The van der Waals surface area contributed by atoms with Crippen molar-refractivity contribution >= 4 is 23.1 Å². The molecule has 162 valence electrons. The Balaban J connectivity index is 0.00000289. The number of amides is 1. The third-order valence-corrected chi connectivity index (χ3v) is 5.20. The molecule has 1 aliphatic rings. The maximum Gasteiger partial charge on any atom is 0.271 e. The number of benzene rings is 3. The molecule has 0 saturated heterocycles. The molecular weight excluding hydrogens is 418 g/mol. The zero-order chi connectivity index (χ0) is 22.3. The second kappa shape index (κ2) is 8.36. The van der Waals surface area contributed by atoms with Crippen molar-refractivity contribution in [3.05, 3.63) is 103 Å². The summed E-state index contributed by atoms with van der Waals surface area (Å²) in [6.45, 7) is 1.77. The summed E-state index contributed by atoms with van der Waals surface area (Å²) in [6.07, 6.45) is 0. The van der Waals surface area contributed by atoms with Crippen LogP contribution in [-0.4, -0.2) is 27.0 Å². The van der Waals surface area contributed by atoms with Crippen molar-refractivity contribution in [1.29, 1.82) is 0 Å². The Morgan fingerprint density at radius 2 is 1.50 bits per heavy atom. The van der Waals surface area contributed by atoms with Crippen molar-refractivity contribution < 1.29 is 24.9 Å². The number of carbonyl (C=O) groups excluding carboxylic acids is 2. The number of nitrogens with zero attached hydrogens (tertiary/aromatic N) is 2. The molecule has 3 aromatic rings. The molecule has 4 rings (SSSR count). The second-order valence-corrected chi connectivity index (χ2v) is 7.09. The molecular formula is C22H17N3O7. The second-order valence-electron chi connectivity index (χ2n) is 7.09. The summed E-state index contributed by atoms with van der Waals surface area (Å²) in [5, 5.41) is 25.3. The minimum absolute atomic E-state index is 0. The van der Waals surface area contributed by atoms with Crippen molar-refractivity contribution in [2.45, 2.75) is 13.0 Å². The number of fused-ring (bicyclic) bond motifs is 3. The molecule has 0 heterocycles. The van der Waals surface area contributed by atoms with Gasteiger partial charge in [0.2, 0.25) is 0 Å². The lowest BCUT2D eigenvalue weighted by Crippen LogP contribution is -2.27. The molecule has 1 atom stereocenters. The van der Waals surface area contributed by atoms with Crippen LogP contribution in [0.2, 0.25) is 0 Å².